The van der Waals surface area contributed by atoms with Gasteiger partial charge in [-0.25, -0.2) is 0 Å². The number of alkyl halides is 1. The Labute approximate surface area is 186 Å². The first-order valence-electron chi connectivity index (χ1n) is 9.93. The van der Waals surface area contributed by atoms with Gasteiger partial charge < -0.3 is 14.7 Å². The minimum Gasteiger partial charge on any atom is -0.489 e. The number of hydrogen-bond donors (Lipinski definition) is 1. The number of carbonyl (C=O) groups excluding carboxylic acids is 1. The molecule has 1 amide bonds. The van der Waals surface area contributed by atoms with Gasteiger partial charge in [0.05, 0.1) is 24.0 Å². The second-order valence-corrected chi connectivity index (χ2v) is 7.69. The van der Waals surface area contributed by atoms with Crippen LogP contribution in [0.5, 0.6) is 5.75 Å². The summed E-state index contributed by atoms with van der Waals surface area (Å²) in [5.74, 6) is 0.675. The molecule has 0 saturated heterocycles. The summed E-state index contributed by atoms with van der Waals surface area (Å²) in [7, 11) is 0. The van der Waals surface area contributed by atoms with Crippen molar-refractivity contribution >= 4 is 21.8 Å². The fourth-order valence-corrected chi connectivity index (χ4v) is 3.61. The zero-order chi connectivity index (χ0) is 21.3. The predicted molar refractivity (Wildman–Crippen MR) is 123 cm³/mol. The zero-order valence-corrected chi connectivity index (χ0v) is 18.5. The van der Waals surface area contributed by atoms with Gasteiger partial charge in [0.2, 0.25) is 5.91 Å². The molecule has 0 unspecified atom stereocenters. The third-order valence-corrected chi connectivity index (χ3v) is 5.55. The summed E-state index contributed by atoms with van der Waals surface area (Å²) in [6.07, 6.45) is -0.790. The number of ether oxygens (including phenoxy) is 1. The van der Waals surface area contributed by atoms with Crippen molar-refractivity contribution in [2.24, 2.45) is 0 Å². The third kappa shape index (κ3) is 5.94. The fraction of sp³-hybridized carbons (Fsp3) is 0.240. The van der Waals surface area contributed by atoms with E-state index >= 15 is 0 Å². The maximum atomic E-state index is 12.5. The van der Waals surface area contributed by atoms with Crippen LogP contribution in [0.25, 0.3) is 0 Å². The molecule has 2 atom stereocenters. The molecule has 0 spiro atoms. The molecule has 3 aromatic rings. The molecule has 4 nitrogen and oxygen atoms in total. The molecule has 5 heteroatoms. The lowest BCUT2D eigenvalue weighted by atomic mass is 10.0. The van der Waals surface area contributed by atoms with E-state index < -0.39 is 6.10 Å². The summed E-state index contributed by atoms with van der Waals surface area (Å²) in [5.41, 5.74) is 2.87. The van der Waals surface area contributed by atoms with E-state index in [4.69, 9.17) is 4.74 Å². The van der Waals surface area contributed by atoms with Gasteiger partial charge in [0.15, 0.2) is 0 Å². The number of aliphatic hydroxyl groups excluding tert-OH is 1. The van der Waals surface area contributed by atoms with E-state index in [2.05, 4.69) is 15.9 Å². The Morgan fingerprint density at radius 2 is 1.53 bits per heavy atom. The lowest BCUT2D eigenvalue weighted by Gasteiger charge is -2.31. The van der Waals surface area contributed by atoms with Crippen LogP contribution in [0.2, 0.25) is 0 Å². The Hall–Kier alpha value is -2.63. The number of rotatable bonds is 9. The molecule has 156 valence electrons. The smallest absolute Gasteiger partial charge is 0.233 e. The SMILES string of the molecule is C[C@H](c1ccccc1)N(C[C@H](O)c1ccc(OCc2ccccc2)cc1)C(=O)CBr. The van der Waals surface area contributed by atoms with E-state index in [1.165, 1.54) is 0 Å². The quantitative estimate of drug-likeness (QED) is 0.435. The van der Waals surface area contributed by atoms with Gasteiger partial charge in [-0.15, -0.1) is 0 Å². The standard InChI is InChI=1S/C25H26BrNO3/c1-19(21-10-6-3-7-11-21)27(25(29)16-26)17-24(28)22-12-14-23(15-13-22)30-18-20-8-4-2-5-9-20/h2-15,19,24,28H,16-18H2,1H3/t19-,24+/m1/s1. The molecule has 0 aliphatic heterocycles. The molecule has 0 saturated carbocycles. The van der Waals surface area contributed by atoms with Gasteiger partial charge in [-0.2, -0.15) is 0 Å². The molecular weight excluding hydrogens is 442 g/mol. The van der Waals surface area contributed by atoms with E-state index in [1.807, 2.05) is 91.9 Å². The minimum absolute atomic E-state index is 0.0618. The predicted octanol–water partition coefficient (Wildman–Crippen LogP) is 5.28. The summed E-state index contributed by atoms with van der Waals surface area (Å²) in [6.45, 7) is 2.68. The Bertz CT molecular complexity index is 916. The summed E-state index contributed by atoms with van der Waals surface area (Å²) in [6, 6.07) is 27.0. The van der Waals surface area contributed by atoms with Gasteiger partial charge >= 0.3 is 0 Å². The first-order chi connectivity index (χ1) is 14.6. The monoisotopic (exact) mass is 467 g/mol. The van der Waals surface area contributed by atoms with Crippen molar-refractivity contribution in [2.75, 3.05) is 11.9 Å². The van der Waals surface area contributed by atoms with Gasteiger partial charge in [-0.05, 0) is 35.7 Å². The Morgan fingerprint density at radius 1 is 0.933 bits per heavy atom. The number of nitrogens with zero attached hydrogens (tertiary/aromatic N) is 1. The molecule has 0 heterocycles. The van der Waals surface area contributed by atoms with Crippen LogP contribution in [0.15, 0.2) is 84.9 Å². The van der Waals surface area contributed by atoms with Gasteiger partial charge in [-0.1, -0.05) is 88.7 Å². The molecule has 30 heavy (non-hydrogen) atoms. The Kier molecular flexibility index (Phi) is 8.05. The first kappa shape index (κ1) is 22.1. The maximum Gasteiger partial charge on any atom is 0.233 e. The third-order valence-electron chi connectivity index (χ3n) is 5.07. The van der Waals surface area contributed by atoms with Crippen molar-refractivity contribution in [3.05, 3.63) is 102 Å². The largest absolute Gasteiger partial charge is 0.489 e. The van der Waals surface area contributed by atoms with Crippen LogP contribution in [-0.4, -0.2) is 27.8 Å². The van der Waals surface area contributed by atoms with Crippen molar-refractivity contribution in [3.63, 3.8) is 0 Å². The summed E-state index contributed by atoms with van der Waals surface area (Å²) >= 11 is 3.26. The van der Waals surface area contributed by atoms with Crippen LogP contribution in [-0.2, 0) is 11.4 Å². The number of aliphatic hydroxyl groups is 1. The molecule has 3 rings (SSSR count). The number of amides is 1. The fourth-order valence-electron chi connectivity index (χ4n) is 3.28. The van der Waals surface area contributed by atoms with Gasteiger partial charge in [0.25, 0.3) is 0 Å². The average molecular weight is 468 g/mol. The van der Waals surface area contributed by atoms with Crippen molar-refractivity contribution in [1.82, 2.24) is 4.90 Å². The molecule has 0 aliphatic carbocycles. The van der Waals surface area contributed by atoms with E-state index in [-0.39, 0.29) is 23.8 Å². The van der Waals surface area contributed by atoms with Crippen molar-refractivity contribution in [2.45, 2.75) is 25.7 Å². The van der Waals surface area contributed by atoms with Crippen molar-refractivity contribution in [3.8, 4) is 5.75 Å². The van der Waals surface area contributed by atoms with Gasteiger partial charge in [0.1, 0.15) is 12.4 Å². The number of hydrogen-bond acceptors (Lipinski definition) is 3. The van der Waals surface area contributed by atoms with E-state index in [1.54, 1.807) is 4.90 Å². The molecule has 3 aromatic carbocycles. The molecular formula is C25H26BrNO3. The second kappa shape index (κ2) is 11.0. The van der Waals surface area contributed by atoms with Crippen LogP contribution in [0.3, 0.4) is 0 Å². The number of benzene rings is 3. The maximum absolute atomic E-state index is 12.5. The van der Waals surface area contributed by atoms with E-state index in [0.29, 0.717) is 6.61 Å². The van der Waals surface area contributed by atoms with Gasteiger partial charge in [-0.3, -0.25) is 4.79 Å². The Balaban J connectivity index is 1.65. The number of carbonyl (C=O) groups is 1. The number of halogens is 1. The van der Waals surface area contributed by atoms with Crippen LogP contribution >= 0.6 is 15.9 Å². The lowest BCUT2D eigenvalue weighted by molar-refractivity contribution is -0.132. The molecule has 0 bridgehead atoms. The molecule has 0 radical (unpaired) electrons. The van der Waals surface area contributed by atoms with E-state index in [0.717, 1.165) is 22.4 Å². The van der Waals surface area contributed by atoms with Crippen molar-refractivity contribution in [1.29, 1.82) is 0 Å². The highest BCUT2D eigenvalue weighted by atomic mass is 79.9. The van der Waals surface area contributed by atoms with Crippen molar-refractivity contribution < 1.29 is 14.6 Å². The molecule has 0 aliphatic rings. The zero-order valence-electron chi connectivity index (χ0n) is 16.9. The van der Waals surface area contributed by atoms with Crippen LogP contribution in [0.1, 0.15) is 35.8 Å². The summed E-state index contributed by atoms with van der Waals surface area (Å²) in [5, 5.41) is 11.0. The summed E-state index contributed by atoms with van der Waals surface area (Å²) in [4.78, 5) is 14.2. The molecule has 1 N–H and O–H groups in total. The topological polar surface area (TPSA) is 49.8 Å². The minimum atomic E-state index is -0.790. The lowest BCUT2D eigenvalue weighted by Crippen LogP contribution is -2.37. The van der Waals surface area contributed by atoms with E-state index in [9.17, 15) is 9.90 Å². The van der Waals surface area contributed by atoms with Crippen LogP contribution in [0, 0.1) is 0 Å². The highest BCUT2D eigenvalue weighted by Gasteiger charge is 2.24. The first-order valence-corrected chi connectivity index (χ1v) is 11.1. The Morgan fingerprint density at radius 3 is 2.13 bits per heavy atom. The summed E-state index contributed by atoms with van der Waals surface area (Å²) < 4.78 is 5.81. The normalized spacial score (nSPS) is 12.8. The average Bonchev–Trinajstić information content (AvgIpc) is 2.81. The second-order valence-electron chi connectivity index (χ2n) is 7.13. The molecule has 0 fully saturated rings. The van der Waals surface area contributed by atoms with Crippen LogP contribution < -0.4 is 4.74 Å². The highest BCUT2D eigenvalue weighted by molar-refractivity contribution is 9.09. The van der Waals surface area contributed by atoms with Gasteiger partial charge in [0, 0.05) is 0 Å². The van der Waals surface area contributed by atoms with Crippen LogP contribution in [0.4, 0.5) is 0 Å². The highest BCUT2D eigenvalue weighted by Crippen LogP contribution is 2.25. The molecule has 0 aromatic heterocycles.